The van der Waals surface area contributed by atoms with Crippen LogP contribution in [0.15, 0.2) is 16.9 Å². The van der Waals surface area contributed by atoms with E-state index in [9.17, 15) is 4.79 Å². The van der Waals surface area contributed by atoms with Crippen LogP contribution in [0.2, 0.25) is 0 Å². The van der Waals surface area contributed by atoms with E-state index in [1.165, 1.54) is 0 Å². The van der Waals surface area contributed by atoms with Gasteiger partial charge in [0, 0.05) is 5.71 Å². The molecule has 0 spiro atoms. The van der Waals surface area contributed by atoms with E-state index in [0.29, 0.717) is 11.4 Å². The van der Waals surface area contributed by atoms with Crippen LogP contribution in [-0.2, 0) is 5.54 Å². The summed E-state index contributed by atoms with van der Waals surface area (Å²) in [5.74, 6) is 0.699. The zero-order valence-electron chi connectivity index (χ0n) is 10.6. The van der Waals surface area contributed by atoms with E-state index in [0.717, 1.165) is 0 Å². The number of hydrogen-bond donors (Lipinski definition) is 3. The summed E-state index contributed by atoms with van der Waals surface area (Å²) in [6.07, 6.45) is 4.01. The first-order chi connectivity index (χ1) is 7.80. The molecule has 1 aromatic rings. The van der Waals surface area contributed by atoms with E-state index in [2.05, 4.69) is 10.4 Å². The van der Waals surface area contributed by atoms with E-state index in [1.54, 1.807) is 11.6 Å². The number of hydrogen-bond acceptors (Lipinski definition) is 3. The molecule has 0 saturated heterocycles. The van der Waals surface area contributed by atoms with Crippen LogP contribution < -0.4 is 10.9 Å². The standard InChI is InChI=1S/C12H18N4O/c1-7(13)9-10(14-8-5-6-8)16(12(2,3)4)15-11(9)17/h5-6,8,13-14H,1-4H3,(H,15,17). The molecule has 5 heteroatoms. The predicted octanol–water partition coefficient (Wildman–Crippen LogP) is 1.67. The van der Waals surface area contributed by atoms with Crippen molar-refractivity contribution in [2.45, 2.75) is 39.3 Å². The monoisotopic (exact) mass is 234 g/mol. The molecule has 0 atom stereocenters. The lowest BCUT2D eigenvalue weighted by Crippen LogP contribution is -2.26. The van der Waals surface area contributed by atoms with Gasteiger partial charge in [0.1, 0.15) is 11.4 Å². The van der Waals surface area contributed by atoms with Crippen molar-refractivity contribution < 1.29 is 0 Å². The Bertz CT molecular complexity index is 536. The normalized spacial score (nSPS) is 15.1. The minimum Gasteiger partial charge on any atom is -0.360 e. The summed E-state index contributed by atoms with van der Waals surface area (Å²) in [5, 5.41) is 13.7. The van der Waals surface area contributed by atoms with Crippen molar-refractivity contribution in [3.8, 4) is 0 Å². The molecule has 92 valence electrons. The average Bonchev–Trinajstić information content (AvgIpc) is 2.88. The molecule has 5 nitrogen and oxygen atoms in total. The number of aromatic nitrogens is 2. The Morgan fingerprint density at radius 3 is 2.47 bits per heavy atom. The maximum absolute atomic E-state index is 11.9. The highest BCUT2D eigenvalue weighted by molar-refractivity contribution is 6.00. The lowest BCUT2D eigenvalue weighted by Gasteiger charge is -2.24. The fraction of sp³-hybridized carbons (Fsp3) is 0.500. The first kappa shape index (κ1) is 11.7. The van der Waals surface area contributed by atoms with E-state index < -0.39 is 0 Å². The van der Waals surface area contributed by atoms with Crippen molar-refractivity contribution in [1.29, 1.82) is 5.41 Å². The second kappa shape index (κ2) is 3.61. The molecule has 0 bridgehead atoms. The minimum absolute atomic E-state index is 0.205. The average molecular weight is 234 g/mol. The van der Waals surface area contributed by atoms with Gasteiger partial charge in [-0.25, -0.2) is 0 Å². The molecule has 1 aromatic heterocycles. The van der Waals surface area contributed by atoms with Crippen LogP contribution in [0.1, 0.15) is 33.3 Å². The van der Waals surface area contributed by atoms with Crippen LogP contribution in [0.5, 0.6) is 0 Å². The number of nitrogens with zero attached hydrogens (tertiary/aromatic N) is 1. The fourth-order valence-corrected chi connectivity index (χ4v) is 1.73. The van der Waals surface area contributed by atoms with Crippen LogP contribution in [0.3, 0.4) is 0 Å². The Kier molecular flexibility index (Phi) is 2.49. The van der Waals surface area contributed by atoms with Gasteiger partial charge in [0.25, 0.3) is 5.56 Å². The molecule has 0 radical (unpaired) electrons. The number of aromatic amines is 1. The highest BCUT2D eigenvalue weighted by atomic mass is 16.1. The molecule has 0 fully saturated rings. The molecule has 2 rings (SSSR count). The number of H-pyrrole nitrogens is 1. The zero-order chi connectivity index (χ0) is 12.8. The topological polar surface area (TPSA) is 73.7 Å². The van der Waals surface area contributed by atoms with E-state index in [1.807, 2.05) is 32.9 Å². The first-order valence-electron chi connectivity index (χ1n) is 5.66. The molecule has 0 saturated carbocycles. The Morgan fingerprint density at radius 2 is 2.06 bits per heavy atom. The van der Waals surface area contributed by atoms with Gasteiger partial charge in [-0.3, -0.25) is 14.6 Å². The summed E-state index contributed by atoms with van der Waals surface area (Å²) in [6, 6.07) is 0.205. The Hall–Kier alpha value is -1.78. The predicted molar refractivity (Wildman–Crippen MR) is 69.1 cm³/mol. The largest absolute Gasteiger partial charge is 0.360 e. The summed E-state index contributed by atoms with van der Waals surface area (Å²) in [7, 11) is 0. The van der Waals surface area contributed by atoms with Crippen molar-refractivity contribution in [3.05, 3.63) is 28.1 Å². The van der Waals surface area contributed by atoms with E-state index in [4.69, 9.17) is 5.41 Å². The highest BCUT2D eigenvalue weighted by Crippen LogP contribution is 2.24. The minimum atomic E-state index is -0.232. The van der Waals surface area contributed by atoms with Crippen molar-refractivity contribution in [2.24, 2.45) is 0 Å². The van der Waals surface area contributed by atoms with Crippen molar-refractivity contribution in [1.82, 2.24) is 9.78 Å². The summed E-state index contributed by atoms with van der Waals surface area (Å²) in [6.45, 7) is 7.66. The van der Waals surface area contributed by atoms with Crippen LogP contribution in [0.4, 0.5) is 5.82 Å². The molecular weight excluding hydrogens is 216 g/mol. The van der Waals surface area contributed by atoms with E-state index in [-0.39, 0.29) is 22.9 Å². The summed E-state index contributed by atoms with van der Waals surface area (Å²) in [5.41, 5.74) is 0.256. The van der Waals surface area contributed by atoms with Gasteiger partial charge in [-0.1, -0.05) is 12.2 Å². The molecule has 1 aliphatic rings. The Balaban J connectivity index is 2.55. The summed E-state index contributed by atoms with van der Waals surface area (Å²) in [4.78, 5) is 11.9. The summed E-state index contributed by atoms with van der Waals surface area (Å²) >= 11 is 0. The molecule has 0 aliphatic heterocycles. The maximum Gasteiger partial charge on any atom is 0.275 e. The van der Waals surface area contributed by atoms with Gasteiger partial charge >= 0.3 is 0 Å². The van der Waals surface area contributed by atoms with Crippen molar-refractivity contribution in [2.75, 3.05) is 5.32 Å². The van der Waals surface area contributed by atoms with Crippen molar-refractivity contribution >= 4 is 11.5 Å². The van der Waals surface area contributed by atoms with Gasteiger partial charge in [0.15, 0.2) is 0 Å². The van der Waals surface area contributed by atoms with Crippen LogP contribution in [0.25, 0.3) is 0 Å². The second-order valence-electron chi connectivity index (χ2n) is 5.35. The third-order valence-electron chi connectivity index (χ3n) is 2.63. The smallest absolute Gasteiger partial charge is 0.275 e. The van der Waals surface area contributed by atoms with Crippen LogP contribution in [-0.4, -0.2) is 21.5 Å². The van der Waals surface area contributed by atoms with Gasteiger partial charge in [-0.15, -0.1) is 0 Å². The molecule has 17 heavy (non-hydrogen) atoms. The molecule has 3 N–H and O–H groups in total. The van der Waals surface area contributed by atoms with Crippen LogP contribution >= 0.6 is 0 Å². The third kappa shape index (κ3) is 2.18. The number of anilines is 1. The van der Waals surface area contributed by atoms with Gasteiger partial charge in [-0.05, 0) is 27.7 Å². The Labute approximate surface area is 100 Å². The Morgan fingerprint density at radius 1 is 1.47 bits per heavy atom. The van der Waals surface area contributed by atoms with Crippen molar-refractivity contribution in [3.63, 3.8) is 0 Å². The second-order valence-corrected chi connectivity index (χ2v) is 5.35. The SMILES string of the molecule is CC(=N)c1c(NC2C=C2)n(C(C)(C)C)[nH]c1=O. The first-order valence-corrected chi connectivity index (χ1v) is 5.66. The van der Waals surface area contributed by atoms with Gasteiger partial charge in [-0.2, -0.15) is 0 Å². The molecular formula is C12H18N4O. The van der Waals surface area contributed by atoms with Gasteiger partial charge in [0.05, 0.1) is 11.6 Å². The number of rotatable bonds is 3. The molecule has 1 aliphatic carbocycles. The van der Waals surface area contributed by atoms with Crippen LogP contribution in [0, 0.1) is 5.41 Å². The third-order valence-corrected chi connectivity index (χ3v) is 2.63. The lowest BCUT2D eigenvalue weighted by atomic mass is 10.1. The molecule has 0 unspecified atom stereocenters. The zero-order valence-corrected chi connectivity index (χ0v) is 10.6. The van der Waals surface area contributed by atoms with Gasteiger partial charge < -0.3 is 10.7 Å². The fourth-order valence-electron chi connectivity index (χ4n) is 1.73. The number of nitrogens with one attached hydrogen (secondary N) is 3. The molecule has 0 aromatic carbocycles. The highest BCUT2D eigenvalue weighted by Gasteiger charge is 2.26. The van der Waals surface area contributed by atoms with E-state index >= 15 is 0 Å². The molecule has 1 heterocycles. The lowest BCUT2D eigenvalue weighted by molar-refractivity contribution is 0.358. The molecule has 0 amide bonds. The maximum atomic E-state index is 11.9. The van der Waals surface area contributed by atoms with Gasteiger partial charge in [0.2, 0.25) is 0 Å². The summed E-state index contributed by atoms with van der Waals surface area (Å²) < 4.78 is 1.79. The quantitative estimate of drug-likeness (QED) is 0.549.